The van der Waals surface area contributed by atoms with Crippen molar-refractivity contribution in [3.63, 3.8) is 0 Å². The maximum absolute atomic E-state index is 0. The van der Waals surface area contributed by atoms with Gasteiger partial charge in [-0.3, -0.25) is 0 Å². The fraction of sp³-hybridized carbons (Fsp3) is 0. The summed E-state index contributed by atoms with van der Waals surface area (Å²) in [6.07, 6.45) is 0. The number of hydrogen-bond donors (Lipinski definition) is 0. The second-order valence-electron chi connectivity index (χ2n) is 0. The van der Waals surface area contributed by atoms with E-state index in [9.17, 15) is 0 Å². The quantitative estimate of drug-likeness (QED) is 0.237. The Morgan fingerprint density at radius 2 is 1.00 bits per heavy atom. The van der Waals surface area contributed by atoms with E-state index < -0.39 is 0 Å². The van der Waals surface area contributed by atoms with Crippen LogP contribution in [0.1, 0.15) is 0 Å². The van der Waals surface area contributed by atoms with Gasteiger partial charge in [-0.1, -0.05) is 0 Å². The fourth-order valence-electron chi connectivity index (χ4n) is 0. The summed E-state index contributed by atoms with van der Waals surface area (Å²) in [6, 6.07) is 0. The number of rotatable bonds is 0. The molecule has 0 spiro atoms. The van der Waals surface area contributed by atoms with Crippen molar-refractivity contribution in [3.8, 4) is 0 Å². The van der Waals surface area contributed by atoms with Crippen LogP contribution in [-0.2, 0) is 0 Å². The van der Waals surface area contributed by atoms with Crippen molar-refractivity contribution in [1.82, 2.24) is 0 Å². The van der Waals surface area contributed by atoms with Gasteiger partial charge in [0.15, 0.2) is 17.4 Å². The Morgan fingerprint density at radius 3 is 1.00 bits per heavy atom. The molecular formula is CH9AlMgSi. The van der Waals surface area contributed by atoms with Crippen LogP contribution in [0.4, 0.5) is 0 Å². The van der Waals surface area contributed by atoms with E-state index in [4.69, 9.17) is 0 Å². The van der Waals surface area contributed by atoms with Crippen molar-refractivity contribution in [2.75, 3.05) is 0 Å². The topological polar surface area (TPSA) is 0 Å². The first kappa shape index (κ1) is 49.0. The smallest absolute Gasteiger partial charge is 0.358 e. The van der Waals surface area contributed by atoms with Crippen molar-refractivity contribution in [1.29, 1.82) is 0 Å². The van der Waals surface area contributed by atoms with Gasteiger partial charge in [0.2, 0.25) is 0 Å². The van der Waals surface area contributed by atoms with Crippen LogP contribution < -0.4 is 0 Å². The van der Waals surface area contributed by atoms with E-state index >= 15 is 0 Å². The minimum Gasteiger partial charge on any atom is -0.358 e. The first-order chi connectivity index (χ1) is 0. The normalized spacial score (nSPS) is 0. The Labute approximate surface area is 58.7 Å². The Hall–Kier alpha value is 1.52. The summed E-state index contributed by atoms with van der Waals surface area (Å²) in [5.74, 6) is 0. The largest absolute Gasteiger partial charge is 2.00 e. The molecule has 4 heavy (non-hydrogen) atoms. The first-order valence-corrected chi connectivity index (χ1v) is 0. The summed E-state index contributed by atoms with van der Waals surface area (Å²) < 4.78 is 0. The van der Waals surface area contributed by atoms with Gasteiger partial charge in [-0.15, -0.1) is 0 Å². The molecule has 0 aromatic heterocycles. The predicted molar refractivity (Wildman–Crippen MR) is 32.0 cm³/mol. The maximum atomic E-state index is 0. The van der Waals surface area contributed by atoms with E-state index in [1.54, 1.807) is 0 Å². The Kier molecular flexibility index (Phi) is 297. The molecule has 0 saturated heterocycles. The summed E-state index contributed by atoms with van der Waals surface area (Å²) >= 11 is 0. The Morgan fingerprint density at radius 1 is 1.00 bits per heavy atom. The first-order valence-electron chi connectivity index (χ1n) is 0. The SMILES string of the molecule is [AlH3].[CH3-].[Mg+2].[SiH3-]. The second-order valence-corrected chi connectivity index (χ2v) is 0. The summed E-state index contributed by atoms with van der Waals surface area (Å²) in [5.41, 5.74) is 0. The zero-order valence-electron chi connectivity index (χ0n) is 2.71. The van der Waals surface area contributed by atoms with Gasteiger partial charge in [-0.05, 0) is 0 Å². The monoisotopic (exact) mass is 100 g/mol. The molecule has 0 aromatic rings. The molecule has 0 nitrogen and oxygen atoms in total. The molecule has 0 amide bonds. The minimum absolute atomic E-state index is 0. The third kappa shape index (κ3) is 9.69. The van der Waals surface area contributed by atoms with Gasteiger partial charge >= 0.3 is 23.1 Å². The average molecular weight is 100 g/mol. The molecule has 0 aliphatic heterocycles. The van der Waals surface area contributed by atoms with Gasteiger partial charge in [-0.2, -0.15) is 0 Å². The average Bonchev–Trinajstić information content (AvgIpc) is 0. The molecule has 0 aromatic carbocycles. The summed E-state index contributed by atoms with van der Waals surface area (Å²) in [5, 5.41) is 0. The summed E-state index contributed by atoms with van der Waals surface area (Å²) in [4.78, 5) is 0. The molecule has 0 aliphatic carbocycles. The molecular weight excluding hydrogens is 91.4 g/mol. The van der Waals surface area contributed by atoms with Gasteiger partial charge in [0.1, 0.15) is 0 Å². The van der Waals surface area contributed by atoms with Crippen molar-refractivity contribution in [2.45, 2.75) is 0 Å². The van der Waals surface area contributed by atoms with Crippen LogP contribution in [0.25, 0.3) is 0 Å². The summed E-state index contributed by atoms with van der Waals surface area (Å²) in [6.45, 7) is 0. The standard InChI is InChI=1S/CH3.Al.Mg.H3Si.3H/h1H3;;;1H3;;;/q-1;;+2;-1;;;. The molecule has 3 heteroatoms. The van der Waals surface area contributed by atoms with Crippen LogP contribution in [-0.4, -0.2) is 51.4 Å². The maximum Gasteiger partial charge on any atom is 2.00 e. The molecule has 0 unspecified atom stereocenters. The van der Waals surface area contributed by atoms with E-state index in [2.05, 4.69) is 0 Å². The molecule has 0 N–H and O–H groups in total. The van der Waals surface area contributed by atoms with Crippen LogP contribution in [0.3, 0.4) is 0 Å². The van der Waals surface area contributed by atoms with E-state index in [0.717, 1.165) is 0 Å². The molecule has 0 atom stereocenters. The van der Waals surface area contributed by atoms with Crippen LogP contribution in [0.15, 0.2) is 0 Å². The van der Waals surface area contributed by atoms with Gasteiger partial charge in [0.05, 0.1) is 0 Å². The van der Waals surface area contributed by atoms with Crippen molar-refractivity contribution >= 4 is 51.4 Å². The van der Waals surface area contributed by atoms with E-state index in [-0.39, 0.29) is 58.8 Å². The van der Waals surface area contributed by atoms with Crippen LogP contribution in [0, 0.1) is 7.43 Å². The van der Waals surface area contributed by atoms with Crippen LogP contribution in [0.5, 0.6) is 0 Å². The summed E-state index contributed by atoms with van der Waals surface area (Å²) in [7, 11) is 0. The molecule has 0 radical (unpaired) electrons. The van der Waals surface area contributed by atoms with Crippen molar-refractivity contribution < 1.29 is 0 Å². The molecule has 0 fully saturated rings. The predicted octanol–water partition coefficient (Wildman–Crippen LogP) is -2.30. The van der Waals surface area contributed by atoms with Gasteiger partial charge in [0.25, 0.3) is 0 Å². The molecule has 0 bridgehead atoms. The van der Waals surface area contributed by atoms with Crippen LogP contribution >= 0.6 is 0 Å². The molecule has 0 saturated carbocycles. The van der Waals surface area contributed by atoms with E-state index in [0.29, 0.717) is 0 Å². The Balaban J connectivity index is 0. The Bertz CT molecular complexity index is 8.00. The van der Waals surface area contributed by atoms with Gasteiger partial charge < -0.3 is 18.4 Å². The molecule has 0 aliphatic rings. The molecule has 0 rings (SSSR count). The molecule has 22 valence electrons. The van der Waals surface area contributed by atoms with Crippen LogP contribution in [0.2, 0.25) is 0 Å². The zero-order valence-corrected chi connectivity index (χ0v) is 6.12. The molecule has 0 heterocycles. The van der Waals surface area contributed by atoms with E-state index in [1.165, 1.54) is 0 Å². The fourth-order valence-corrected chi connectivity index (χ4v) is 0. The zero-order chi connectivity index (χ0) is 0. The third-order valence-electron chi connectivity index (χ3n) is 0. The van der Waals surface area contributed by atoms with E-state index in [1.807, 2.05) is 0 Å². The van der Waals surface area contributed by atoms with Crippen molar-refractivity contribution in [2.24, 2.45) is 0 Å². The van der Waals surface area contributed by atoms with Gasteiger partial charge in [-0.25, -0.2) is 0 Å². The minimum atomic E-state index is 0. The third-order valence-corrected chi connectivity index (χ3v) is 0. The second kappa shape index (κ2) is 24.3. The van der Waals surface area contributed by atoms with Gasteiger partial charge in [0, 0.05) is 0 Å². The van der Waals surface area contributed by atoms with Crippen molar-refractivity contribution in [3.05, 3.63) is 7.43 Å². The number of hydrogen-bond acceptors (Lipinski definition) is 0.